The highest BCUT2D eigenvalue weighted by atomic mass is 79.9. The van der Waals surface area contributed by atoms with Gasteiger partial charge in [0, 0.05) is 34.4 Å². The number of nitrogens with two attached hydrogens (primary N) is 2. The van der Waals surface area contributed by atoms with Gasteiger partial charge in [0.2, 0.25) is 0 Å². The lowest BCUT2D eigenvalue weighted by Gasteiger charge is -2.17. The molecule has 0 heterocycles. The van der Waals surface area contributed by atoms with E-state index in [0.717, 1.165) is 28.6 Å². The predicted octanol–water partition coefficient (Wildman–Crippen LogP) is 4.17. The van der Waals surface area contributed by atoms with Crippen LogP contribution in [0.5, 0.6) is 5.75 Å². The summed E-state index contributed by atoms with van der Waals surface area (Å²) < 4.78 is 6.72. The van der Waals surface area contributed by atoms with Crippen molar-refractivity contribution in [2.45, 2.75) is 6.42 Å². The first-order valence-electron chi connectivity index (χ1n) is 8.56. The molecule has 3 rings (SSSR count). The molecule has 0 aliphatic heterocycles. The molecule has 2 aromatic rings. The monoisotopic (exact) mass is 429 g/mol. The van der Waals surface area contributed by atoms with Gasteiger partial charge in [-0.1, -0.05) is 28.1 Å². The second-order valence-corrected chi connectivity index (χ2v) is 6.96. The first kappa shape index (κ1) is 20.6. The highest BCUT2D eigenvalue weighted by Crippen LogP contribution is 2.26. The number of nitrogen functional groups attached to an aromatic ring is 2. The second-order valence-electron chi connectivity index (χ2n) is 6.04. The lowest BCUT2D eigenvalue weighted by Crippen LogP contribution is -2.14. The lowest BCUT2D eigenvalue weighted by atomic mass is 10.0. The number of hydrogen-bond donors (Lipinski definition) is 3. The number of carbonyl (C=O) groups is 1. The van der Waals surface area contributed by atoms with Gasteiger partial charge in [-0.25, -0.2) is 0 Å². The maximum Gasteiger partial charge on any atom is 0.150 e. The van der Waals surface area contributed by atoms with Crippen molar-refractivity contribution in [3.05, 3.63) is 76.4 Å². The molecule has 0 saturated carbocycles. The van der Waals surface area contributed by atoms with Crippen molar-refractivity contribution in [2.75, 3.05) is 25.1 Å². The topological polar surface area (TPSA) is 90.4 Å². The summed E-state index contributed by atoms with van der Waals surface area (Å²) in [5.74, 6) is 1.15. The van der Waals surface area contributed by atoms with Gasteiger partial charge in [0.1, 0.15) is 12.0 Å². The van der Waals surface area contributed by atoms with Crippen LogP contribution in [0.25, 0.3) is 0 Å². The number of carbonyl (C=O) groups excluding carboxylic acids is 1. The van der Waals surface area contributed by atoms with Crippen LogP contribution in [0.4, 0.5) is 11.4 Å². The molecule has 1 aliphatic rings. The van der Waals surface area contributed by atoms with Gasteiger partial charge in [-0.3, -0.25) is 4.79 Å². The molecule has 0 bridgehead atoms. The van der Waals surface area contributed by atoms with Gasteiger partial charge in [0.05, 0.1) is 12.3 Å². The standard InChI is InChI=1S/C14H17BrN2O.C7H7NO/c1-17-12-5-2-10(3-6-12)9-18-14-7-4-11(15)8-13(14)16;8-7-3-1-6(5-9)2-4-7/h2,4-8,10,17H,3,9,16H2,1H3;1-5H,8H2. The minimum atomic E-state index is 0.408. The Labute approximate surface area is 168 Å². The summed E-state index contributed by atoms with van der Waals surface area (Å²) in [5.41, 5.74) is 14.4. The molecule has 1 aliphatic carbocycles. The Bertz CT molecular complexity index is 817. The Morgan fingerprint density at radius 1 is 1.22 bits per heavy atom. The number of hydrogen-bond acceptors (Lipinski definition) is 5. The fourth-order valence-corrected chi connectivity index (χ4v) is 2.77. The Kier molecular flexibility index (Phi) is 7.95. The van der Waals surface area contributed by atoms with Gasteiger partial charge >= 0.3 is 0 Å². The number of aldehydes is 1. The van der Waals surface area contributed by atoms with E-state index in [0.29, 0.717) is 29.5 Å². The van der Waals surface area contributed by atoms with Crippen molar-refractivity contribution in [3.8, 4) is 5.75 Å². The van der Waals surface area contributed by atoms with Crippen LogP contribution in [0.15, 0.2) is 70.9 Å². The number of halogens is 1. The maximum absolute atomic E-state index is 10.1. The molecule has 27 heavy (non-hydrogen) atoms. The molecule has 0 aromatic heterocycles. The van der Waals surface area contributed by atoms with Crippen molar-refractivity contribution in [2.24, 2.45) is 5.92 Å². The van der Waals surface area contributed by atoms with Crippen LogP contribution in [0.2, 0.25) is 0 Å². The fraction of sp³-hybridized carbons (Fsp3) is 0.190. The SMILES string of the molecule is CNC1=CCC(COc2ccc(Br)cc2N)C=C1.Nc1ccc(C=O)cc1. The molecule has 0 saturated heterocycles. The average molecular weight is 430 g/mol. The van der Waals surface area contributed by atoms with E-state index in [1.54, 1.807) is 24.3 Å². The molecule has 5 nitrogen and oxygen atoms in total. The molecular weight excluding hydrogens is 406 g/mol. The lowest BCUT2D eigenvalue weighted by molar-refractivity contribution is 0.112. The third-order valence-electron chi connectivity index (χ3n) is 3.97. The molecular formula is C21H24BrN3O2. The number of anilines is 2. The van der Waals surface area contributed by atoms with E-state index in [9.17, 15) is 4.79 Å². The van der Waals surface area contributed by atoms with Gasteiger partial charge in [0.25, 0.3) is 0 Å². The summed E-state index contributed by atoms with van der Waals surface area (Å²) in [6, 6.07) is 12.4. The third-order valence-corrected chi connectivity index (χ3v) is 4.47. The van der Waals surface area contributed by atoms with Gasteiger partial charge in [0.15, 0.2) is 0 Å². The first-order valence-corrected chi connectivity index (χ1v) is 9.35. The molecule has 6 heteroatoms. The van der Waals surface area contributed by atoms with Gasteiger partial charge < -0.3 is 21.5 Å². The highest BCUT2D eigenvalue weighted by Gasteiger charge is 2.10. The van der Waals surface area contributed by atoms with Crippen LogP contribution in [-0.4, -0.2) is 19.9 Å². The van der Waals surface area contributed by atoms with E-state index >= 15 is 0 Å². The Morgan fingerprint density at radius 2 is 1.96 bits per heavy atom. The van der Waals surface area contributed by atoms with Crippen LogP contribution in [0.1, 0.15) is 16.8 Å². The summed E-state index contributed by atoms with van der Waals surface area (Å²) in [4.78, 5) is 10.1. The van der Waals surface area contributed by atoms with Crippen molar-refractivity contribution < 1.29 is 9.53 Å². The van der Waals surface area contributed by atoms with E-state index in [1.165, 1.54) is 0 Å². The average Bonchev–Trinajstić information content (AvgIpc) is 2.69. The quantitative estimate of drug-likeness (QED) is 0.489. The van der Waals surface area contributed by atoms with Gasteiger partial charge in [-0.2, -0.15) is 0 Å². The molecule has 2 aromatic carbocycles. The zero-order valence-corrected chi connectivity index (χ0v) is 16.8. The van der Waals surface area contributed by atoms with E-state index in [2.05, 4.69) is 39.5 Å². The van der Waals surface area contributed by atoms with Crippen molar-refractivity contribution >= 4 is 33.6 Å². The van der Waals surface area contributed by atoms with Crippen LogP contribution in [-0.2, 0) is 0 Å². The molecule has 1 unspecified atom stereocenters. The molecule has 5 N–H and O–H groups in total. The molecule has 0 radical (unpaired) electrons. The highest BCUT2D eigenvalue weighted by molar-refractivity contribution is 9.10. The number of allylic oxidation sites excluding steroid dienone is 2. The number of nitrogens with one attached hydrogen (secondary N) is 1. The summed E-state index contributed by atoms with van der Waals surface area (Å²) in [7, 11) is 1.93. The largest absolute Gasteiger partial charge is 0.491 e. The van der Waals surface area contributed by atoms with Crippen molar-refractivity contribution in [1.82, 2.24) is 5.32 Å². The Balaban J connectivity index is 0.000000244. The zero-order valence-electron chi connectivity index (χ0n) is 15.2. The van der Waals surface area contributed by atoms with Crippen molar-refractivity contribution in [3.63, 3.8) is 0 Å². The van der Waals surface area contributed by atoms with Crippen LogP contribution in [0.3, 0.4) is 0 Å². The molecule has 0 spiro atoms. The van der Waals surface area contributed by atoms with Crippen LogP contribution in [0, 0.1) is 5.92 Å². The molecule has 0 amide bonds. The smallest absolute Gasteiger partial charge is 0.150 e. The summed E-state index contributed by atoms with van der Waals surface area (Å²) >= 11 is 3.38. The van der Waals surface area contributed by atoms with Crippen LogP contribution >= 0.6 is 15.9 Å². The number of ether oxygens (including phenoxy) is 1. The summed E-state index contributed by atoms with van der Waals surface area (Å²) in [5, 5.41) is 3.12. The summed E-state index contributed by atoms with van der Waals surface area (Å²) in [6.45, 7) is 0.649. The van der Waals surface area contributed by atoms with E-state index < -0.39 is 0 Å². The fourth-order valence-electron chi connectivity index (χ4n) is 2.40. The van der Waals surface area contributed by atoms with Gasteiger partial charge in [-0.15, -0.1) is 0 Å². The molecule has 0 fully saturated rings. The minimum absolute atomic E-state index is 0.408. The van der Waals surface area contributed by atoms with E-state index in [-0.39, 0.29) is 0 Å². The van der Waals surface area contributed by atoms with Crippen LogP contribution < -0.4 is 21.5 Å². The normalized spacial score (nSPS) is 15.2. The molecule has 1 atom stereocenters. The number of benzene rings is 2. The minimum Gasteiger partial charge on any atom is -0.491 e. The summed E-state index contributed by atoms with van der Waals surface area (Å²) in [6.07, 6.45) is 8.21. The predicted molar refractivity (Wildman–Crippen MR) is 115 cm³/mol. The maximum atomic E-state index is 10.1. The first-order chi connectivity index (χ1) is 13.0. The Morgan fingerprint density at radius 3 is 2.52 bits per heavy atom. The zero-order chi connectivity index (χ0) is 19.6. The molecule has 142 valence electrons. The van der Waals surface area contributed by atoms with Gasteiger partial charge in [-0.05, 0) is 55.0 Å². The third kappa shape index (κ3) is 6.83. The number of rotatable bonds is 5. The van der Waals surface area contributed by atoms with E-state index in [1.807, 2.05) is 25.2 Å². The number of likely N-dealkylation sites (N-methyl/N-ethyl adjacent to an activating group) is 1. The van der Waals surface area contributed by atoms with Crippen molar-refractivity contribution in [1.29, 1.82) is 0 Å². The van der Waals surface area contributed by atoms with E-state index in [4.69, 9.17) is 16.2 Å². The second kappa shape index (κ2) is 10.4. The Hall–Kier alpha value is -2.73.